The average molecular weight is 295 g/mol. The van der Waals surface area contributed by atoms with Crippen molar-refractivity contribution in [2.24, 2.45) is 5.41 Å². The molecule has 0 amide bonds. The fourth-order valence-corrected chi connectivity index (χ4v) is 3.04. The third-order valence-corrected chi connectivity index (χ3v) is 4.26. The van der Waals surface area contributed by atoms with Crippen molar-refractivity contribution in [2.75, 3.05) is 40.0 Å². The van der Waals surface area contributed by atoms with E-state index in [9.17, 15) is 4.39 Å². The van der Waals surface area contributed by atoms with Crippen molar-refractivity contribution >= 4 is 0 Å². The molecule has 1 saturated heterocycles. The van der Waals surface area contributed by atoms with Crippen LogP contribution in [0.3, 0.4) is 0 Å². The minimum absolute atomic E-state index is 0.106. The van der Waals surface area contributed by atoms with Crippen molar-refractivity contribution in [3.05, 3.63) is 35.1 Å². The predicted molar refractivity (Wildman–Crippen MR) is 82.1 cm³/mol. The first kappa shape index (κ1) is 16.4. The summed E-state index contributed by atoms with van der Waals surface area (Å²) in [6.07, 6.45) is 3.16. The Kier molecular flexibility index (Phi) is 6.15. The minimum Gasteiger partial charge on any atom is -0.383 e. The van der Waals surface area contributed by atoms with Crippen LogP contribution in [0.1, 0.15) is 24.0 Å². The smallest absolute Gasteiger partial charge is 0.123 e. The lowest BCUT2D eigenvalue weighted by Gasteiger charge is -2.38. The number of benzene rings is 1. The predicted octanol–water partition coefficient (Wildman–Crippen LogP) is 2.71. The zero-order valence-corrected chi connectivity index (χ0v) is 13.1. The van der Waals surface area contributed by atoms with Crippen LogP contribution in [0.15, 0.2) is 18.2 Å². The van der Waals surface area contributed by atoms with E-state index in [1.165, 1.54) is 5.56 Å². The quantitative estimate of drug-likeness (QED) is 0.785. The molecule has 2 rings (SSSR count). The monoisotopic (exact) mass is 295 g/mol. The SMILES string of the molecule is COCCNCC1(Cc2ccc(F)cc2C)CCCOC1. The highest BCUT2D eigenvalue weighted by atomic mass is 19.1. The number of aryl methyl sites for hydroxylation is 1. The topological polar surface area (TPSA) is 30.5 Å². The molecule has 0 radical (unpaired) electrons. The molecular weight excluding hydrogens is 269 g/mol. The lowest BCUT2D eigenvalue weighted by atomic mass is 9.76. The van der Waals surface area contributed by atoms with E-state index < -0.39 is 0 Å². The van der Waals surface area contributed by atoms with Gasteiger partial charge in [-0.25, -0.2) is 4.39 Å². The van der Waals surface area contributed by atoms with E-state index in [1.807, 2.05) is 13.0 Å². The second-order valence-corrected chi connectivity index (χ2v) is 6.07. The highest BCUT2D eigenvalue weighted by Crippen LogP contribution is 2.33. The molecule has 0 spiro atoms. The van der Waals surface area contributed by atoms with Crippen molar-refractivity contribution in [1.82, 2.24) is 5.32 Å². The molecule has 1 heterocycles. The van der Waals surface area contributed by atoms with Crippen molar-refractivity contribution in [3.63, 3.8) is 0 Å². The Morgan fingerprint density at radius 3 is 2.95 bits per heavy atom. The fourth-order valence-electron chi connectivity index (χ4n) is 3.04. The summed E-state index contributed by atoms with van der Waals surface area (Å²) in [5.74, 6) is -0.164. The van der Waals surface area contributed by atoms with Gasteiger partial charge in [0.25, 0.3) is 0 Å². The first-order chi connectivity index (χ1) is 10.2. The molecular formula is C17H26FNO2. The summed E-state index contributed by atoms with van der Waals surface area (Å²) >= 11 is 0. The van der Waals surface area contributed by atoms with Crippen LogP contribution in [0, 0.1) is 18.2 Å². The van der Waals surface area contributed by atoms with Gasteiger partial charge in [0.05, 0.1) is 13.2 Å². The van der Waals surface area contributed by atoms with E-state index in [4.69, 9.17) is 9.47 Å². The molecule has 0 aromatic heterocycles. The van der Waals surface area contributed by atoms with E-state index in [1.54, 1.807) is 19.2 Å². The first-order valence-corrected chi connectivity index (χ1v) is 7.68. The van der Waals surface area contributed by atoms with Crippen LogP contribution in [-0.4, -0.2) is 40.0 Å². The van der Waals surface area contributed by atoms with Gasteiger partial charge in [-0.3, -0.25) is 0 Å². The Hall–Kier alpha value is -0.970. The summed E-state index contributed by atoms with van der Waals surface area (Å²) in [5, 5.41) is 3.47. The molecule has 1 aromatic carbocycles. The van der Waals surface area contributed by atoms with Crippen LogP contribution in [0.2, 0.25) is 0 Å². The molecule has 0 aliphatic carbocycles. The maximum atomic E-state index is 13.3. The molecule has 1 aromatic rings. The number of rotatable bonds is 7. The number of hydrogen-bond donors (Lipinski definition) is 1. The third-order valence-electron chi connectivity index (χ3n) is 4.26. The molecule has 0 saturated carbocycles. The summed E-state index contributed by atoms with van der Waals surface area (Å²) in [6, 6.07) is 5.08. The minimum atomic E-state index is -0.164. The molecule has 118 valence electrons. The summed E-state index contributed by atoms with van der Waals surface area (Å²) in [5.41, 5.74) is 2.35. The van der Waals surface area contributed by atoms with Crippen LogP contribution in [0.5, 0.6) is 0 Å². The maximum Gasteiger partial charge on any atom is 0.123 e. The molecule has 1 atom stereocenters. The Morgan fingerprint density at radius 1 is 1.43 bits per heavy atom. The summed E-state index contributed by atoms with van der Waals surface area (Å²) in [6.45, 7) is 6.07. The molecule has 21 heavy (non-hydrogen) atoms. The summed E-state index contributed by atoms with van der Waals surface area (Å²) in [7, 11) is 1.71. The summed E-state index contributed by atoms with van der Waals surface area (Å²) in [4.78, 5) is 0. The molecule has 0 bridgehead atoms. The molecule has 1 fully saturated rings. The normalized spacial score (nSPS) is 22.4. The third kappa shape index (κ3) is 4.77. The zero-order valence-electron chi connectivity index (χ0n) is 13.1. The van der Waals surface area contributed by atoms with E-state index in [0.29, 0.717) is 6.61 Å². The van der Waals surface area contributed by atoms with Crippen molar-refractivity contribution < 1.29 is 13.9 Å². The number of nitrogens with one attached hydrogen (secondary N) is 1. The number of halogens is 1. The van der Waals surface area contributed by atoms with Crippen molar-refractivity contribution in [1.29, 1.82) is 0 Å². The van der Waals surface area contributed by atoms with E-state index in [0.717, 1.165) is 51.1 Å². The van der Waals surface area contributed by atoms with Gasteiger partial charge in [-0.2, -0.15) is 0 Å². The molecule has 4 heteroatoms. The van der Waals surface area contributed by atoms with Gasteiger partial charge in [0.15, 0.2) is 0 Å². The standard InChI is InChI=1S/C17H26FNO2/c1-14-10-16(18)5-4-15(14)11-17(6-3-8-21-13-17)12-19-7-9-20-2/h4-5,10,19H,3,6-9,11-13H2,1-2H3. The second-order valence-electron chi connectivity index (χ2n) is 6.07. The summed E-state index contributed by atoms with van der Waals surface area (Å²) < 4.78 is 24.1. The molecule has 3 nitrogen and oxygen atoms in total. The fraction of sp³-hybridized carbons (Fsp3) is 0.647. The van der Waals surface area contributed by atoms with E-state index in [2.05, 4.69) is 5.32 Å². The van der Waals surface area contributed by atoms with Crippen LogP contribution >= 0.6 is 0 Å². The van der Waals surface area contributed by atoms with Gasteiger partial charge in [0, 0.05) is 32.2 Å². The number of ether oxygens (including phenoxy) is 2. The van der Waals surface area contributed by atoms with Gasteiger partial charge in [-0.15, -0.1) is 0 Å². The van der Waals surface area contributed by atoms with Gasteiger partial charge in [-0.05, 0) is 49.4 Å². The Labute approximate surface area is 126 Å². The van der Waals surface area contributed by atoms with Crippen LogP contribution in [0.25, 0.3) is 0 Å². The first-order valence-electron chi connectivity index (χ1n) is 7.68. The van der Waals surface area contributed by atoms with Crippen LogP contribution < -0.4 is 5.32 Å². The lowest BCUT2D eigenvalue weighted by molar-refractivity contribution is -0.00777. The molecule has 1 aliphatic rings. The van der Waals surface area contributed by atoms with Gasteiger partial charge < -0.3 is 14.8 Å². The Morgan fingerprint density at radius 2 is 2.29 bits per heavy atom. The Balaban J connectivity index is 2.04. The number of methoxy groups -OCH3 is 1. The van der Waals surface area contributed by atoms with Gasteiger partial charge in [0.1, 0.15) is 5.82 Å². The van der Waals surface area contributed by atoms with E-state index >= 15 is 0 Å². The maximum absolute atomic E-state index is 13.3. The zero-order chi connectivity index (χ0) is 15.1. The van der Waals surface area contributed by atoms with Crippen LogP contribution in [-0.2, 0) is 15.9 Å². The highest BCUT2D eigenvalue weighted by molar-refractivity contribution is 5.28. The van der Waals surface area contributed by atoms with Crippen LogP contribution in [0.4, 0.5) is 4.39 Å². The van der Waals surface area contributed by atoms with E-state index in [-0.39, 0.29) is 11.2 Å². The average Bonchev–Trinajstić information content (AvgIpc) is 2.48. The Bertz CT molecular complexity index is 444. The highest BCUT2D eigenvalue weighted by Gasteiger charge is 2.33. The second kappa shape index (κ2) is 7.87. The largest absolute Gasteiger partial charge is 0.383 e. The van der Waals surface area contributed by atoms with Gasteiger partial charge >= 0.3 is 0 Å². The van der Waals surface area contributed by atoms with Crippen molar-refractivity contribution in [3.8, 4) is 0 Å². The lowest BCUT2D eigenvalue weighted by Crippen LogP contribution is -2.43. The molecule has 1 N–H and O–H groups in total. The molecule has 1 aliphatic heterocycles. The molecule has 1 unspecified atom stereocenters. The number of hydrogen-bond acceptors (Lipinski definition) is 3. The van der Waals surface area contributed by atoms with Gasteiger partial charge in [0.2, 0.25) is 0 Å². The van der Waals surface area contributed by atoms with Crippen molar-refractivity contribution in [2.45, 2.75) is 26.2 Å². The van der Waals surface area contributed by atoms with Gasteiger partial charge in [-0.1, -0.05) is 6.07 Å².